The lowest BCUT2D eigenvalue weighted by Crippen LogP contribution is -2.50. The van der Waals surface area contributed by atoms with Crippen molar-refractivity contribution in [1.29, 1.82) is 0 Å². The minimum absolute atomic E-state index is 0.0177. The molecule has 0 atom stereocenters. The normalized spacial score (nSPS) is 15.5. The number of hydrazine groups is 2. The molecule has 1 fully saturated rings. The highest BCUT2D eigenvalue weighted by atomic mass is 19.1. The smallest absolute Gasteiger partial charge is 0.295 e. The number of hydrogen-bond acceptors (Lipinski definition) is 8. The molecule has 3 aromatic heterocycles. The van der Waals surface area contributed by atoms with Gasteiger partial charge >= 0.3 is 0 Å². The van der Waals surface area contributed by atoms with E-state index in [4.69, 9.17) is 0 Å². The first-order valence-electron chi connectivity index (χ1n) is 11.4. The maximum absolute atomic E-state index is 14.8. The van der Waals surface area contributed by atoms with Crippen LogP contribution in [0.15, 0.2) is 61.3 Å². The van der Waals surface area contributed by atoms with E-state index in [0.29, 0.717) is 37.5 Å². The number of nitrogens with one attached hydrogen (secondary N) is 4. The number of anilines is 2. The molecule has 1 aromatic carbocycles. The van der Waals surface area contributed by atoms with Crippen molar-refractivity contribution < 1.29 is 14.0 Å². The van der Waals surface area contributed by atoms with Gasteiger partial charge in [0.2, 0.25) is 0 Å². The SMILES string of the molecule is O=C(C(=O)N1CCN(c2c[nH]nc2-c2ccccc2)CC1)c1c[nH]c2c(N3C=CNN3)ncc(F)c12. The molecule has 36 heavy (non-hydrogen) atoms. The van der Waals surface area contributed by atoms with Gasteiger partial charge in [0, 0.05) is 56.5 Å². The van der Waals surface area contributed by atoms with E-state index in [1.54, 1.807) is 12.4 Å². The number of rotatable bonds is 5. The summed E-state index contributed by atoms with van der Waals surface area (Å²) >= 11 is 0. The van der Waals surface area contributed by atoms with Crippen molar-refractivity contribution in [3.8, 4) is 11.3 Å². The predicted octanol–water partition coefficient (Wildman–Crippen LogP) is 1.92. The molecule has 0 spiro atoms. The molecule has 4 N–H and O–H groups in total. The minimum atomic E-state index is -0.762. The molecular weight excluding hydrogens is 465 g/mol. The number of aromatic amines is 2. The number of nitrogens with zero attached hydrogens (tertiary/aromatic N) is 5. The summed E-state index contributed by atoms with van der Waals surface area (Å²) in [5.74, 6) is -1.74. The molecule has 1 amide bonds. The van der Waals surface area contributed by atoms with Gasteiger partial charge in [0.15, 0.2) is 11.6 Å². The summed E-state index contributed by atoms with van der Waals surface area (Å²) in [7, 11) is 0. The summed E-state index contributed by atoms with van der Waals surface area (Å²) in [5, 5.41) is 8.88. The summed E-state index contributed by atoms with van der Waals surface area (Å²) in [4.78, 5) is 36.9. The number of H-pyrrole nitrogens is 2. The molecule has 1 saturated heterocycles. The van der Waals surface area contributed by atoms with Crippen LogP contribution < -0.4 is 20.9 Å². The van der Waals surface area contributed by atoms with Gasteiger partial charge in [-0.2, -0.15) is 5.10 Å². The van der Waals surface area contributed by atoms with E-state index in [1.807, 2.05) is 36.5 Å². The van der Waals surface area contributed by atoms with Crippen molar-refractivity contribution in [2.24, 2.45) is 0 Å². The van der Waals surface area contributed by atoms with Crippen LogP contribution in [0.3, 0.4) is 0 Å². The van der Waals surface area contributed by atoms with Crippen LogP contribution in [0.2, 0.25) is 0 Å². The van der Waals surface area contributed by atoms with Gasteiger partial charge in [0.1, 0.15) is 5.69 Å². The predicted molar refractivity (Wildman–Crippen MR) is 131 cm³/mol. The zero-order chi connectivity index (χ0) is 24.6. The first-order chi connectivity index (χ1) is 17.6. The Morgan fingerprint density at radius 1 is 1.03 bits per heavy atom. The third kappa shape index (κ3) is 3.64. The standard InChI is InChI=1S/C24H22FN9O2/c25-17-13-27-23(34-7-6-28-31-34)21-19(17)16(12-26-21)22(35)24(36)33-10-8-32(9-11-33)18-14-29-30-20(18)15-4-2-1-3-5-15/h1-7,12-14,26,28,31H,8-11H2,(H,29,30). The van der Waals surface area contributed by atoms with Gasteiger partial charge < -0.3 is 20.2 Å². The van der Waals surface area contributed by atoms with Crippen molar-refractivity contribution >= 4 is 34.1 Å². The van der Waals surface area contributed by atoms with Gasteiger partial charge in [-0.3, -0.25) is 14.7 Å². The molecule has 0 aliphatic carbocycles. The number of pyridine rings is 1. The second-order valence-corrected chi connectivity index (χ2v) is 8.42. The Morgan fingerprint density at radius 2 is 1.83 bits per heavy atom. The Morgan fingerprint density at radius 3 is 2.58 bits per heavy atom. The number of amides is 1. The van der Waals surface area contributed by atoms with Gasteiger partial charge in [-0.15, -0.1) is 5.53 Å². The van der Waals surface area contributed by atoms with Crippen LogP contribution in [0.25, 0.3) is 22.2 Å². The fraction of sp³-hybridized carbons (Fsp3) is 0.167. The van der Waals surface area contributed by atoms with Crippen molar-refractivity contribution in [3.05, 3.63) is 72.7 Å². The number of carbonyl (C=O) groups is 2. The minimum Gasteiger partial charge on any atom is -0.365 e. The highest BCUT2D eigenvalue weighted by molar-refractivity contribution is 6.45. The summed E-state index contributed by atoms with van der Waals surface area (Å²) < 4.78 is 14.8. The van der Waals surface area contributed by atoms with Crippen molar-refractivity contribution in [2.45, 2.75) is 0 Å². The number of hydrogen-bond donors (Lipinski definition) is 4. The Bertz CT molecular complexity index is 1470. The summed E-state index contributed by atoms with van der Waals surface area (Å²) in [6.07, 6.45) is 7.54. The number of aromatic nitrogens is 4. The van der Waals surface area contributed by atoms with E-state index in [-0.39, 0.29) is 10.9 Å². The summed E-state index contributed by atoms with van der Waals surface area (Å²) in [5.41, 5.74) is 8.66. The molecule has 5 heterocycles. The Kier molecular flexibility index (Phi) is 5.34. The molecule has 2 aliphatic rings. The van der Waals surface area contributed by atoms with Gasteiger partial charge in [0.05, 0.1) is 28.4 Å². The Hall–Kier alpha value is -4.71. The zero-order valence-electron chi connectivity index (χ0n) is 19.0. The molecule has 0 saturated carbocycles. The van der Waals surface area contributed by atoms with Crippen molar-refractivity contribution in [3.63, 3.8) is 0 Å². The van der Waals surface area contributed by atoms with E-state index >= 15 is 0 Å². The molecule has 0 radical (unpaired) electrons. The van der Waals surface area contributed by atoms with Gasteiger partial charge in [0.25, 0.3) is 11.7 Å². The molecule has 11 nitrogen and oxygen atoms in total. The van der Waals surface area contributed by atoms with Gasteiger partial charge in [-0.05, 0) is 0 Å². The number of halogens is 1. The lowest BCUT2D eigenvalue weighted by molar-refractivity contribution is -0.126. The summed E-state index contributed by atoms with van der Waals surface area (Å²) in [6.45, 7) is 1.79. The molecule has 0 bridgehead atoms. The van der Waals surface area contributed by atoms with Crippen LogP contribution in [0.4, 0.5) is 15.9 Å². The molecule has 4 aromatic rings. The van der Waals surface area contributed by atoms with Gasteiger partial charge in [-0.25, -0.2) is 14.4 Å². The van der Waals surface area contributed by atoms with Crippen LogP contribution in [0.1, 0.15) is 10.4 Å². The summed E-state index contributed by atoms with van der Waals surface area (Å²) in [6, 6.07) is 9.85. The fourth-order valence-corrected chi connectivity index (χ4v) is 4.58. The van der Waals surface area contributed by atoms with Gasteiger partial charge in [-0.1, -0.05) is 30.3 Å². The van der Waals surface area contributed by atoms with Crippen molar-refractivity contribution in [2.75, 3.05) is 36.1 Å². The van der Waals surface area contributed by atoms with Crippen molar-refractivity contribution in [1.82, 2.24) is 36.0 Å². The van der Waals surface area contributed by atoms with Crippen LogP contribution in [0, 0.1) is 5.82 Å². The molecule has 182 valence electrons. The molecule has 12 heteroatoms. The molecular formula is C24H22FN9O2. The van der Waals surface area contributed by atoms with E-state index < -0.39 is 17.5 Å². The van der Waals surface area contributed by atoms with Crippen LogP contribution in [0.5, 0.6) is 0 Å². The maximum Gasteiger partial charge on any atom is 0.295 e. The van der Waals surface area contributed by atoms with E-state index in [9.17, 15) is 14.0 Å². The maximum atomic E-state index is 14.8. The highest BCUT2D eigenvalue weighted by Gasteiger charge is 2.31. The average Bonchev–Trinajstić information content (AvgIpc) is 3.70. The Labute approximate surface area is 204 Å². The zero-order valence-corrected chi connectivity index (χ0v) is 19.0. The number of fused-ring (bicyclic) bond motifs is 1. The number of piperazine rings is 1. The number of Topliss-reactive ketones (excluding diaryl/α,β-unsaturated/α-hetero) is 1. The van der Waals surface area contributed by atoms with Crippen LogP contribution in [-0.2, 0) is 4.79 Å². The second kappa shape index (κ2) is 8.82. The van der Waals surface area contributed by atoms with E-state index in [2.05, 4.69) is 36.0 Å². The third-order valence-electron chi connectivity index (χ3n) is 6.38. The first-order valence-corrected chi connectivity index (χ1v) is 11.4. The Balaban J connectivity index is 1.19. The lowest BCUT2D eigenvalue weighted by Gasteiger charge is -2.35. The largest absolute Gasteiger partial charge is 0.365 e. The lowest BCUT2D eigenvalue weighted by atomic mass is 10.1. The topological polar surface area (TPSA) is 125 Å². The first kappa shape index (κ1) is 21.8. The monoisotopic (exact) mass is 487 g/mol. The number of ketones is 1. The number of carbonyl (C=O) groups excluding carboxylic acids is 2. The average molecular weight is 487 g/mol. The number of benzene rings is 1. The molecule has 6 rings (SSSR count). The van der Waals surface area contributed by atoms with Crippen LogP contribution >= 0.6 is 0 Å². The molecule has 2 aliphatic heterocycles. The quantitative estimate of drug-likeness (QED) is 0.249. The third-order valence-corrected chi connectivity index (χ3v) is 6.38. The molecule has 0 unspecified atom stereocenters. The second-order valence-electron chi connectivity index (χ2n) is 8.42. The van der Waals surface area contributed by atoms with Crippen LogP contribution in [-0.4, -0.2) is 62.9 Å². The highest BCUT2D eigenvalue weighted by Crippen LogP contribution is 2.31. The van der Waals surface area contributed by atoms with E-state index in [0.717, 1.165) is 23.1 Å². The van der Waals surface area contributed by atoms with E-state index in [1.165, 1.54) is 16.1 Å². The fourth-order valence-electron chi connectivity index (χ4n) is 4.58.